The van der Waals surface area contributed by atoms with Gasteiger partial charge >= 0.3 is 0 Å². The molecule has 1 aromatic heterocycles. The zero-order chi connectivity index (χ0) is 10.8. The maximum Gasteiger partial charge on any atom is 0.0370 e. The summed E-state index contributed by atoms with van der Waals surface area (Å²) in [5, 5.41) is 3.37. The molecule has 78 valence electrons. The minimum Gasteiger partial charge on any atom is -0.313 e. The van der Waals surface area contributed by atoms with Crippen molar-refractivity contribution in [2.75, 3.05) is 7.05 Å². The predicted octanol–water partition coefficient (Wildman–Crippen LogP) is 2.70. The molecule has 0 fully saturated rings. The number of aryl methyl sites for hydroxylation is 1. The molecule has 1 aromatic rings. The van der Waals surface area contributed by atoms with Gasteiger partial charge in [0.15, 0.2) is 0 Å². The minimum atomic E-state index is 0.223. The average Bonchev–Trinajstić information content (AvgIpc) is 2.07. The van der Waals surface area contributed by atoms with E-state index in [-0.39, 0.29) is 5.41 Å². The Labute approximate surface area is 86.8 Å². The number of nitrogens with one attached hydrogen (secondary N) is 1. The van der Waals surface area contributed by atoms with Crippen molar-refractivity contribution < 1.29 is 0 Å². The van der Waals surface area contributed by atoms with Crippen molar-refractivity contribution in [3.8, 4) is 0 Å². The van der Waals surface area contributed by atoms with Crippen molar-refractivity contribution in [2.45, 2.75) is 33.7 Å². The lowest BCUT2D eigenvalue weighted by Crippen LogP contribution is -2.30. The molecule has 1 atom stereocenters. The highest BCUT2D eigenvalue weighted by atomic mass is 14.9. The first-order valence-corrected chi connectivity index (χ1v) is 5.04. The topological polar surface area (TPSA) is 24.9 Å². The molecule has 0 aromatic carbocycles. The molecular weight excluding hydrogens is 172 g/mol. The first-order valence-electron chi connectivity index (χ1n) is 5.04. The van der Waals surface area contributed by atoms with Gasteiger partial charge in [0.2, 0.25) is 0 Å². The molecule has 14 heavy (non-hydrogen) atoms. The molecule has 1 heterocycles. The SMILES string of the molecule is CNC(c1ccncc1C)C(C)(C)C. The van der Waals surface area contributed by atoms with E-state index >= 15 is 0 Å². The monoisotopic (exact) mass is 192 g/mol. The van der Waals surface area contributed by atoms with Crippen molar-refractivity contribution >= 4 is 0 Å². The van der Waals surface area contributed by atoms with Gasteiger partial charge in [-0.1, -0.05) is 20.8 Å². The fourth-order valence-electron chi connectivity index (χ4n) is 1.86. The largest absolute Gasteiger partial charge is 0.313 e. The Morgan fingerprint density at radius 2 is 2.00 bits per heavy atom. The molecule has 2 heteroatoms. The standard InChI is InChI=1S/C12H20N2/c1-9-8-14-7-6-10(9)11(13-5)12(2,3)4/h6-8,11,13H,1-5H3. The molecule has 0 aliphatic rings. The summed E-state index contributed by atoms with van der Waals surface area (Å²) in [4.78, 5) is 4.12. The summed E-state index contributed by atoms with van der Waals surface area (Å²) in [5.41, 5.74) is 2.82. The van der Waals surface area contributed by atoms with Crippen LogP contribution in [0, 0.1) is 12.3 Å². The van der Waals surface area contributed by atoms with Crippen LogP contribution in [0.3, 0.4) is 0 Å². The highest BCUT2D eigenvalue weighted by Gasteiger charge is 2.25. The van der Waals surface area contributed by atoms with E-state index in [1.165, 1.54) is 11.1 Å². The fraction of sp³-hybridized carbons (Fsp3) is 0.583. The second-order valence-electron chi connectivity index (χ2n) is 4.82. The zero-order valence-corrected chi connectivity index (χ0v) is 9.76. The van der Waals surface area contributed by atoms with Gasteiger partial charge in [-0.25, -0.2) is 0 Å². The van der Waals surface area contributed by atoms with E-state index < -0.39 is 0 Å². The van der Waals surface area contributed by atoms with Crippen LogP contribution in [0.4, 0.5) is 0 Å². The van der Waals surface area contributed by atoms with Gasteiger partial charge in [0.25, 0.3) is 0 Å². The highest BCUT2D eigenvalue weighted by Crippen LogP contribution is 2.33. The van der Waals surface area contributed by atoms with E-state index in [2.05, 4.69) is 44.1 Å². The Morgan fingerprint density at radius 1 is 1.36 bits per heavy atom. The number of rotatable bonds is 2. The summed E-state index contributed by atoms with van der Waals surface area (Å²) in [6.45, 7) is 8.84. The van der Waals surface area contributed by atoms with Gasteiger partial charge < -0.3 is 5.32 Å². The third-order valence-corrected chi connectivity index (χ3v) is 2.53. The molecule has 0 saturated carbocycles. The molecule has 0 aliphatic carbocycles. The lowest BCUT2D eigenvalue weighted by Gasteiger charge is -2.31. The number of pyridine rings is 1. The van der Waals surface area contributed by atoms with Crippen LogP contribution in [0.1, 0.15) is 37.9 Å². The summed E-state index contributed by atoms with van der Waals surface area (Å²) in [6.07, 6.45) is 3.78. The van der Waals surface area contributed by atoms with Crippen LogP contribution < -0.4 is 5.32 Å². The van der Waals surface area contributed by atoms with Gasteiger partial charge in [-0.05, 0) is 36.6 Å². The molecule has 0 amide bonds. The van der Waals surface area contributed by atoms with Gasteiger partial charge in [0.05, 0.1) is 0 Å². The second kappa shape index (κ2) is 4.09. The number of hydrogen-bond acceptors (Lipinski definition) is 2. The average molecular weight is 192 g/mol. The minimum absolute atomic E-state index is 0.223. The van der Waals surface area contributed by atoms with Crippen molar-refractivity contribution in [3.05, 3.63) is 29.6 Å². The van der Waals surface area contributed by atoms with Crippen LogP contribution >= 0.6 is 0 Å². The molecule has 1 N–H and O–H groups in total. The van der Waals surface area contributed by atoms with Crippen molar-refractivity contribution in [2.24, 2.45) is 5.41 Å². The van der Waals surface area contributed by atoms with Crippen molar-refractivity contribution in [1.82, 2.24) is 10.3 Å². The number of hydrogen-bond donors (Lipinski definition) is 1. The molecule has 0 bridgehead atoms. The molecule has 1 unspecified atom stereocenters. The number of aromatic nitrogens is 1. The normalized spacial score (nSPS) is 14.1. The Balaban J connectivity index is 3.08. The van der Waals surface area contributed by atoms with E-state index in [0.717, 1.165) is 0 Å². The van der Waals surface area contributed by atoms with Gasteiger partial charge in [-0.3, -0.25) is 4.98 Å². The Hall–Kier alpha value is -0.890. The first kappa shape index (κ1) is 11.2. The summed E-state index contributed by atoms with van der Waals surface area (Å²) >= 11 is 0. The Bertz CT molecular complexity index is 299. The van der Waals surface area contributed by atoms with Crippen molar-refractivity contribution in [3.63, 3.8) is 0 Å². The quantitative estimate of drug-likeness (QED) is 0.779. The molecule has 2 nitrogen and oxygen atoms in total. The van der Waals surface area contributed by atoms with Gasteiger partial charge in [-0.2, -0.15) is 0 Å². The Kier molecular flexibility index (Phi) is 3.27. The van der Waals surface area contributed by atoms with Gasteiger partial charge in [0.1, 0.15) is 0 Å². The van der Waals surface area contributed by atoms with Crippen LogP contribution in [0.25, 0.3) is 0 Å². The molecular formula is C12H20N2. The maximum atomic E-state index is 4.12. The predicted molar refractivity (Wildman–Crippen MR) is 60.2 cm³/mol. The zero-order valence-electron chi connectivity index (χ0n) is 9.76. The smallest absolute Gasteiger partial charge is 0.0370 e. The summed E-state index contributed by atoms with van der Waals surface area (Å²) in [6, 6.07) is 2.48. The van der Waals surface area contributed by atoms with Crippen LogP contribution in [0.2, 0.25) is 0 Å². The maximum absolute atomic E-state index is 4.12. The Morgan fingerprint density at radius 3 is 2.43 bits per heavy atom. The van der Waals surface area contributed by atoms with Crippen LogP contribution in [0.5, 0.6) is 0 Å². The molecule has 0 saturated heterocycles. The highest BCUT2D eigenvalue weighted by molar-refractivity contribution is 5.26. The van der Waals surface area contributed by atoms with Crippen LogP contribution in [-0.4, -0.2) is 12.0 Å². The van der Waals surface area contributed by atoms with E-state index in [4.69, 9.17) is 0 Å². The van der Waals surface area contributed by atoms with E-state index in [1.807, 2.05) is 19.4 Å². The lowest BCUT2D eigenvalue weighted by atomic mass is 9.81. The third-order valence-electron chi connectivity index (χ3n) is 2.53. The first-order chi connectivity index (χ1) is 6.46. The second-order valence-corrected chi connectivity index (χ2v) is 4.82. The van der Waals surface area contributed by atoms with Crippen LogP contribution in [0.15, 0.2) is 18.5 Å². The molecule has 0 spiro atoms. The van der Waals surface area contributed by atoms with Gasteiger partial charge in [0, 0.05) is 18.4 Å². The number of nitrogens with zero attached hydrogens (tertiary/aromatic N) is 1. The lowest BCUT2D eigenvalue weighted by molar-refractivity contribution is 0.286. The van der Waals surface area contributed by atoms with E-state index in [0.29, 0.717) is 6.04 Å². The molecule has 0 radical (unpaired) electrons. The summed E-state index contributed by atoms with van der Waals surface area (Å²) < 4.78 is 0. The van der Waals surface area contributed by atoms with E-state index in [1.54, 1.807) is 0 Å². The molecule has 0 aliphatic heterocycles. The van der Waals surface area contributed by atoms with Crippen LogP contribution in [-0.2, 0) is 0 Å². The van der Waals surface area contributed by atoms with Gasteiger partial charge in [-0.15, -0.1) is 0 Å². The fourth-order valence-corrected chi connectivity index (χ4v) is 1.86. The summed E-state index contributed by atoms with van der Waals surface area (Å²) in [5.74, 6) is 0. The van der Waals surface area contributed by atoms with Crippen molar-refractivity contribution in [1.29, 1.82) is 0 Å². The van der Waals surface area contributed by atoms with E-state index in [9.17, 15) is 0 Å². The third kappa shape index (κ3) is 2.32. The summed E-state index contributed by atoms with van der Waals surface area (Å²) in [7, 11) is 2.01. The molecule has 1 rings (SSSR count).